The zero-order valence-electron chi connectivity index (χ0n) is 27.6. The minimum Gasteiger partial charge on any atom is -0.508 e. The monoisotopic (exact) mass is 712 g/mol. The Morgan fingerprint density at radius 3 is 1.57 bits per heavy atom. The molecule has 0 saturated heterocycles. The van der Waals surface area contributed by atoms with Crippen molar-refractivity contribution < 1.29 is 55.4 Å². The van der Waals surface area contributed by atoms with Crippen molar-refractivity contribution in [3.05, 3.63) is 148 Å². The van der Waals surface area contributed by atoms with Gasteiger partial charge in [-0.1, -0.05) is 24.3 Å². The number of rotatable bonds is 6. The summed E-state index contributed by atoms with van der Waals surface area (Å²) < 4.78 is 13.3. The number of benzene rings is 6. The highest BCUT2D eigenvalue weighted by atomic mass is 16.5. The van der Waals surface area contributed by atoms with E-state index in [-0.39, 0.29) is 68.6 Å². The molecular weight excluding hydrogens is 680 g/mol. The van der Waals surface area contributed by atoms with Crippen molar-refractivity contribution in [3.63, 3.8) is 0 Å². The maximum Gasteiger partial charge on any atom is 0.138 e. The highest BCUT2D eigenvalue weighted by molar-refractivity contribution is 5.73. The minimum absolute atomic E-state index is 0.125. The third-order valence-corrected chi connectivity index (χ3v) is 9.63. The van der Waals surface area contributed by atoms with Crippen LogP contribution in [0, 0.1) is 0 Å². The predicted molar refractivity (Wildman–Crippen MR) is 193 cm³/mol. The van der Waals surface area contributed by atoms with Crippen molar-refractivity contribution in [2.24, 2.45) is 0 Å². The predicted octanol–water partition coefficient (Wildman–Crippen LogP) is 7.74. The lowest BCUT2D eigenvalue weighted by Gasteiger charge is -2.23. The molecule has 0 bridgehead atoms. The molecule has 0 radical (unpaired) electrons. The Morgan fingerprint density at radius 2 is 0.943 bits per heavy atom. The van der Waals surface area contributed by atoms with Crippen LogP contribution in [0.2, 0.25) is 0 Å². The zero-order valence-corrected chi connectivity index (χ0v) is 27.6. The van der Waals surface area contributed by atoms with Gasteiger partial charge in [-0.15, -0.1) is 0 Å². The average molecular weight is 713 g/mol. The van der Waals surface area contributed by atoms with E-state index in [2.05, 4.69) is 0 Å². The topological polar surface area (TPSA) is 201 Å². The van der Waals surface area contributed by atoms with Crippen LogP contribution in [-0.2, 0) is 0 Å². The molecule has 2 heterocycles. The van der Waals surface area contributed by atoms with E-state index in [0.717, 1.165) is 17.7 Å². The normalized spacial score (nSPS) is 18.7. The summed E-state index contributed by atoms with van der Waals surface area (Å²) >= 11 is 0. The van der Waals surface area contributed by atoms with E-state index in [1.54, 1.807) is 54.6 Å². The molecule has 53 heavy (non-hydrogen) atoms. The summed E-state index contributed by atoms with van der Waals surface area (Å²) in [5.74, 6) is -2.90. The molecular formula is C42H32O11. The van der Waals surface area contributed by atoms with Gasteiger partial charge in [-0.25, -0.2) is 0 Å². The molecule has 0 amide bonds. The first-order valence-electron chi connectivity index (χ1n) is 16.5. The smallest absolute Gasteiger partial charge is 0.138 e. The molecule has 2 aliphatic heterocycles. The highest BCUT2D eigenvalue weighted by Crippen LogP contribution is 2.61. The Labute approximate surface area is 302 Å². The fraction of sp³-hybridized carbons (Fsp3) is 0.0952. The van der Waals surface area contributed by atoms with E-state index in [1.165, 1.54) is 48.5 Å². The molecule has 11 heteroatoms. The van der Waals surface area contributed by atoms with Gasteiger partial charge in [-0.3, -0.25) is 0 Å². The van der Waals surface area contributed by atoms with Crippen LogP contribution in [-0.4, -0.2) is 46.0 Å². The van der Waals surface area contributed by atoms with Crippen molar-refractivity contribution in [1.29, 1.82) is 0 Å². The lowest BCUT2D eigenvalue weighted by Crippen LogP contribution is -2.13. The minimum atomic E-state index is -1.05. The van der Waals surface area contributed by atoms with Crippen LogP contribution < -0.4 is 9.47 Å². The molecule has 0 saturated carbocycles. The SMILES string of the molecule is Oc1ccc(/C=C/c2cc(O)c3c(c2)O[C@H](c2ccc(O)c4c2O[C@H](c2ccc(O)cc2O)[C@H]4c2cc(O)cc(O)c2)[C@H]3c2cc(O)cc(O)c2)cc1. The molecule has 6 aromatic rings. The summed E-state index contributed by atoms with van der Waals surface area (Å²) in [6, 6.07) is 25.0. The van der Waals surface area contributed by atoms with Crippen molar-refractivity contribution in [2.75, 3.05) is 0 Å². The molecule has 4 atom stereocenters. The van der Waals surface area contributed by atoms with Crippen LogP contribution in [0.15, 0.2) is 103 Å². The van der Waals surface area contributed by atoms with Gasteiger partial charge in [0.05, 0.1) is 11.8 Å². The molecule has 0 fully saturated rings. The van der Waals surface area contributed by atoms with Crippen molar-refractivity contribution in [2.45, 2.75) is 24.0 Å². The van der Waals surface area contributed by atoms with Crippen LogP contribution in [0.3, 0.4) is 0 Å². The highest BCUT2D eigenvalue weighted by Gasteiger charge is 2.47. The van der Waals surface area contributed by atoms with Crippen molar-refractivity contribution >= 4 is 12.2 Å². The summed E-state index contributed by atoms with van der Waals surface area (Å²) in [5.41, 5.74) is 3.40. The molecule has 0 aliphatic carbocycles. The Hall–Kier alpha value is -7.14. The number of hydrogen-bond acceptors (Lipinski definition) is 11. The molecule has 0 spiro atoms. The molecule has 0 aromatic heterocycles. The lowest BCUT2D eigenvalue weighted by atomic mass is 9.81. The van der Waals surface area contributed by atoms with Crippen LogP contribution in [0.25, 0.3) is 12.2 Å². The van der Waals surface area contributed by atoms with Gasteiger partial charge >= 0.3 is 0 Å². The standard InChI is InChI=1S/C42H32O11/c43-24-5-3-20(4-6-24)1-2-21-11-34(51)38-35(12-21)52-41(36(38)22-13-26(45)17-27(46)14-22)31-9-10-32(49)39-37(23-15-28(47)18-29(48)16-23)40(53-42(31)39)30-8-7-25(44)19-33(30)50/h1-19,36-37,40-41,43-51H/b2-1+/t36-,37-,40+,41+/m0/s1. The third kappa shape index (κ3) is 5.93. The first kappa shape index (κ1) is 33.0. The fourth-order valence-electron chi connectivity index (χ4n) is 7.42. The molecule has 6 aromatic carbocycles. The second kappa shape index (κ2) is 12.6. The second-order valence-electron chi connectivity index (χ2n) is 13.1. The summed E-state index contributed by atoms with van der Waals surface area (Å²) in [5, 5.41) is 95.7. The summed E-state index contributed by atoms with van der Waals surface area (Å²) in [4.78, 5) is 0. The molecule has 266 valence electrons. The fourth-order valence-corrected chi connectivity index (χ4v) is 7.42. The number of phenolic OH excluding ortho intramolecular Hbond substituents is 9. The van der Waals surface area contributed by atoms with Gasteiger partial charge in [-0.2, -0.15) is 0 Å². The van der Waals surface area contributed by atoms with Gasteiger partial charge in [0, 0.05) is 40.5 Å². The Bertz CT molecular complexity index is 2400. The third-order valence-electron chi connectivity index (χ3n) is 9.63. The zero-order chi connectivity index (χ0) is 37.1. The first-order chi connectivity index (χ1) is 25.4. The average Bonchev–Trinajstić information content (AvgIpc) is 3.68. The van der Waals surface area contributed by atoms with Crippen LogP contribution in [0.4, 0.5) is 0 Å². The number of ether oxygens (including phenoxy) is 2. The van der Waals surface area contributed by atoms with Crippen LogP contribution in [0.1, 0.15) is 68.6 Å². The van der Waals surface area contributed by atoms with Gasteiger partial charge in [0.25, 0.3) is 0 Å². The molecule has 2 aliphatic rings. The van der Waals surface area contributed by atoms with E-state index in [9.17, 15) is 46.0 Å². The van der Waals surface area contributed by atoms with Crippen LogP contribution in [0.5, 0.6) is 63.2 Å². The van der Waals surface area contributed by atoms with Crippen molar-refractivity contribution in [1.82, 2.24) is 0 Å². The molecule has 11 nitrogen and oxygen atoms in total. The largest absolute Gasteiger partial charge is 0.508 e. The van der Waals surface area contributed by atoms with Crippen molar-refractivity contribution in [3.8, 4) is 63.2 Å². The number of fused-ring (bicyclic) bond motifs is 2. The number of phenols is 9. The summed E-state index contributed by atoms with van der Waals surface area (Å²) in [6.07, 6.45) is 1.55. The van der Waals surface area contributed by atoms with Gasteiger partial charge in [0.2, 0.25) is 0 Å². The Balaban J connectivity index is 1.30. The van der Waals surface area contributed by atoms with Gasteiger partial charge < -0.3 is 55.4 Å². The number of aromatic hydroxyl groups is 9. The molecule has 0 unspecified atom stereocenters. The van der Waals surface area contributed by atoms with E-state index in [0.29, 0.717) is 33.6 Å². The maximum absolute atomic E-state index is 11.6. The quantitative estimate of drug-likeness (QED) is 0.0765. The summed E-state index contributed by atoms with van der Waals surface area (Å²) in [7, 11) is 0. The van der Waals surface area contributed by atoms with Gasteiger partial charge in [-0.05, 0) is 95.1 Å². The number of hydrogen-bond donors (Lipinski definition) is 9. The molecule has 9 N–H and O–H groups in total. The van der Waals surface area contributed by atoms with Crippen LogP contribution >= 0.6 is 0 Å². The van der Waals surface area contributed by atoms with E-state index in [4.69, 9.17) is 9.47 Å². The lowest BCUT2D eigenvalue weighted by molar-refractivity contribution is 0.192. The van der Waals surface area contributed by atoms with E-state index < -0.39 is 24.0 Å². The second-order valence-corrected chi connectivity index (χ2v) is 13.1. The van der Waals surface area contributed by atoms with Gasteiger partial charge in [0.15, 0.2) is 0 Å². The van der Waals surface area contributed by atoms with E-state index >= 15 is 0 Å². The molecule has 8 rings (SSSR count). The van der Waals surface area contributed by atoms with Gasteiger partial charge in [0.1, 0.15) is 75.5 Å². The van der Waals surface area contributed by atoms with E-state index in [1.807, 2.05) is 0 Å². The maximum atomic E-state index is 11.6. The first-order valence-corrected chi connectivity index (χ1v) is 16.5. The Morgan fingerprint density at radius 1 is 0.396 bits per heavy atom. The Kier molecular flexibility index (Phi) is 7.83. The summed E-state index contributed by atoms with van der Waals surface area (Å²) in [6.45, 7) is 0.